The normalized spacial score (nSPS) is 25.3. The van der Waals surface area contributed by atoms with Gasteiger partial charge in [0.15, 0.2) is 12.1 Å². The highest BCUT2D eigenvalue weighted by molar-refractivity contribution is 7.87. The van der Waals surface area contributed by atoms with Crippen LogP contribution in [0.2, 0.25) is 0 Å². The highest BCUT2D eigenvalue weighted by atomic mass is 32.2. The van der Waals surface area contributed by atoms with Crippen molar-refractivity contribution < 1.29 is 28.1 Å². The highest BCUT2D eigenvalue weighted by Crippen LogP contribution is 2.47. The van der Waals surface area contributed by atoms with Crippen molar-refractivity contribution in [2.24, 2.45) is 0 Å². The average molecular weight is 529 g/mol. The molecule has 0 radical (unpaired) electrons. The zero-order valence-corrected chi connectivity index (χ0v) is 21.5. The van der Waals surface area contributed by atoms with E-state index >= 15 is 0 Å². The summed E-state index contributed by atoms with van der Waals surface area (Å²) in [7, 11) is -1.76. The van der Waals surface area contributed by atoms with Crippen molar-refractivity contribution in [1.29, 1.82) is 0 Å². The van der Waals surface area contributed by atoms with Gasteiger partial charge in [-0.1, -0.05) is 72.8 Å². The molecule has 4 atom stereocenters. The number of rotatable bonds is 5. The van der Waals surface area contributed by atoms with Crippen LogP contribution in [0.3, 0.4) is 0 Å². The Kier molecular flexibility index (Phi) is 5.57. The number of amides is 3. The van der Waals surface area contributed by atoms with Crippen molar-refractivity contribution in [3.8, 4) is 0 Å². The van der Waals surface area contributed by atoms with Gasteiger partial charge in [0.05, 0.1) is 26.7 Å². The fraction of sp³-hybridized carbons (Fsp3) is 0.241. The summed E-state index contributed by atoms with van der Waals surface area (Å²) in [5.41, 5.74) is 1.91. The molecule has 192 valence electrons. The molecule has 38 heavy (non-hydrogen) atoms. The van der Waals surface area contributed by atoms with Gasteiger partial charge in [-0.25, -0.2) is 4.79 Å². The molecular formula is C29H24N2O6S. The van der Waals surface area contributed by atoms with E-state index in [4.69, 9.17) is 4.74 Å². The van der Waals surface area contributed by atoms with Crippen molar-refractivity contribution in [2.75, 3.05) is 0 Å². The Bertz CT molecular complexity index is 1430. The first kappa shape index (κ1) is 24.2. The van der Waals surface area contributed by atoms with Gasteiger partial charge >= 0.3 is 5.97 Å². The number of β-lactam (4-membered cyclic amide) rings is 1. The molecule has 3 amide bonds. The molecule has 2 fully saturated rings. The van der Waals surface area contributed by atoms with Crippen molar-refractivity contribution in [2.45, 2.75) is 42.2 Å². The van der Waals surface area contributed by atoms with Crippen LogP contribution in [0.1, 0.15) is 51.8 Å². The first-order valence-corrected chi connectivity index (χ1v) is 13.4. The van der Waals surface area contributed by atoms with Crippen LogP contribution in [-0.2, 0) is 25.1 Å². The summed E-state index contributed by atoms with van der Waals surface area (Å²) in [4.78, 5) is 55.5. The van der Waals surface area contributed by atoms with Crippen molar-refractivity contribution in [1.82, 2.24) is 9.80 Å². The van der Waals surface area contributed by atoms with E-state index in [1.54, 1.807) is 26.0 Å². The number of hydrogen-bond acceptors (Lipinski definition) is 6. The lowest BCUT2D eigenvalue weighted by Crippen LogP contribution is -2.72. The third-order valence-electron chi connectivity index (χ3n) is 7.49. The molecule has 0 spiro atoms. The fourth-order valence-electron chi connectivity index (χ4n) is 5.58. The highest BCUT2D eigenvalue weighted by Gasteiger charge is 2.71. The number of benzene rings is 3. The fourth-order valence-corrected chi connectivity index (χ4v) is 7.54. The van der Waals surface area contributed by atoms with Gasteiger partial charge in [-0.2, -0.15) is 0 Å². The van der Waals surface area contributed by atoms with E-state index in [0.29, 0.717) is 0 Å². The Morgan fingerprint density at radius 1 is 0.816 bits per heavy atom. The summed E-state index contributed by atoms with van der Waals surface area (Å²) >= 11 is 0. The Morgan fingerprint density at radius 2 is 1.29 bits per heavy atom. The maximum absolute atomic E-state index is 13.7. The molecule has 9 heteroatoms. The Morgan fingerprint density at radius 3 is 1.79 bits per heavy atom. The standard InChI is InChI=1S/C29H24N2O6S/c1-29(2)23(28(35)37-22(17-11-5-3-6-12-17)18-13-7-4-8-14-18)31-26(34)21(27(31)38(29)36)30-24(32)19-15-9-10-16-20(19)25(30)33/h3-16,21-23,27H,1-2H3/t21-,23+,27-,38?/m1/s1. The third-order valence-corrected chi connectivity index (χ3v) is 9.68. The lowest BCUT2D eigenvalue weighted by Gasteiger charge is -2.46. The Balaban J connectivity index is 1.31. The van der Waals surface area contributed by atoms with Crippen molar-refractivity contribution in [3.63, 3.8) is 0 Å². The number of fused-ring (bicyclic) bond motifs is 2. The van der Waals surface area contributed by atoms with Gasteiger partial charge in [-0.3, -0.25) is 23.5 Å². The molecule has 0 aliphatic carbocycles. The Labute approximate surface area is 221 Å². The van der Waals surface area contributed by atoms with Gasteiger partial charge in [0.25, 0.3) is 17.7 Å². The van der Waals surface area contributed by atoms with E-state index in [-0.39, 0.29) is 11.1 Å². The van der Waals surface area contributed by atoms with Gasteiger partial charge in [0.1, 0.15) is 11.4 Å². The minimum absolute atomic E-state index is 0.205. The molecule has 3 aliphatic heterocycles. The average Bonchev–Trinajstić information content (AvgIpc) is 3.28. The van der Waals surface area contributed by atoms with Crippen LogP contribution in [0.25, 0.3) is 0 Å². The largest absolute Gasteiger partial charge is 0.451 e. The van der Waals surface area contributed by atoms with E-state index in [0.717, 1.165) is 16.0 Å². The van der Waals surface area contributed by atoms with Crippen LogP contribution in [0.4, 0.5) is 0 Å². The minimum atomic E-state index is -1.76. The zero-order valence-electron chi connectivity index (χ0n) is 20.6. The summed E-state index contributed by atoms with van der Waals surface area (Å²) in [6, 6.07) is 22.4. The molecule has 3 heterocycles. The lowest BCUT2D eigenvalue weighted by atomic mass is 9.94. The molecule has 1 unspecified atom stereocenters. The summed E-state index contributed by atoms with van der Waals surface area (Å²) in [6.45, 7) is 3.28. The predicted octanol–water partition coefficient (Wildman–Crippen LogP) is 3.06. The number of esters is 1. The van der Waals surface area contributed by atoms with Gasteiger partial charge in [0, 0.05) is 0 Å². The zero-order chi connectivity index (χ0) is 26.8. The maximum atomic E-state index is 13.7. The summed E-state index contributed by atoms with van der Waals surface area (Å²) in [6.07, 6.45) is -0.739. The molecule has 3 aliphatic rings. The number of carbonyl (C=O) groups excluding carboxylic acids is 4. The first-order valence-electron chi connectivity index (χ1n) is 12.2. The quantitative estimate of drug-likeness (QED) is 0.287. The van der Waals surface area contributed by atoms with Crippen molar-refractivity contribution in [3.05, 3.63) is 107 Å². The van der Waals surface area contributed by atoms with E-state index in [2.05, 4.69) is 0 Å². The summed E-state index contributed by atoms with van der Waals surface area (Å²) in [5.74, 6) is -2.49. The van der Waals surface area contributed by atoms with Crippen molar-refractivity contribution >= 4 is 34.5 Å². The molecule has 0 saturated carbocycles. The van der Waals surface area contributed by atoms with Gasteiger partial charge < -0.3 is 9.64 Å². The number of nitrogens with zero attached hydrogens (tertiary/aromatic N) is 2. The molecule has 0 N–H and O–H groups in total. The van der Waals surface area contributed by atoms with Crippen LogP contribution >= 0.6 is 0 Å². The SMILES string of the molecule is CC1(C)[C@H](C(=O)OC(c2ccccc2)c2ccccc2)N2C(=O)[C@@H](N3C(=O)c4ccccc4C3=O)[C@H]2S1=O. The third kappa shape index (κ3) is 3.38. The van der Waals surface area contributed by atoms with Crippen LogP contribution < -0.4 is 0 Å². The van der Waals surface area contributed by atoms with E-state index < -0.39 is 62.8 Å². The predicted molar refractivity (Wildman–Crippen MR) is 138 cm³/mol. The Hall–Kier alpha value is -4.11. The second-order valence-corrected chi connectivity index (χ2v) is 12.2. The summed E-state index contributed by atoms with van der Waals surface area (Å²) < 4.78 is 18.5. The maximum Gasteiger partial charge on any atom is 0.331 e. The minimum Gasteiger partial charge on any atom is -0.451 e. The lowest BCUT2D eigenvalue weighted by molar-refractivity contribution is -0.168. The molecular weight excluding hydrogens is 504 g/mol. The smallest absolute Gasteiger partial charge is 0.331 e. The summed E-state index contributed by atoms with van der Waals surface area (Å²) in [5, 5.41) is -0.996. The van der Waals surface area contributed by atoms with Gasteiger partial charge in [0.2, 0.25) is 0 Å². The van der Waals surface area contributed by atoms with Gasteiger partial charge in [-0.05, 0) is 37.1 Å². The molecule has 8 nitrogen and oxygen atoms in total. The van der Waals surface area contributed by atoms with Crippen LogP contribution in [-0.4, -0.2) is 59.9 Å². The number of hydrogen-bond donors (Lipinski definition) is 0. The van der Waals surface area contributed by atoms with Gasteiger partial charge in [-0.15, -0.1) is 0 Å². The monoisotopic (exact) mass is 528 g/mol. The number of imide groups is 1. The van der Waals surface area contributed by atoms with Crippen LogP contribution in [0, 0.1) is 0 Å². The second-order valence-electron chi connectivity index (χ2n) is 10.0. The molecule has 0 bridgehead atoms. The van der Waals surface area contributed by atoms with E-state index in [1.165, 1.54) is 17.0 Å². The van der Waals surface area contributed by atoms with E-state index in [1.807, 2.05) is 60.7 Å². The molecule has 3 aromatic carbocycles. The topological polar surface area (TPSA) is 101 Å². The number of carbonyl (C=O) groups is 4. The molecule has 6 rings (SSSR count). The van der Waals surface area contributed by atoms with Crippen LogP contribution in [0.15, 0.2) is 84.9 Å². The second kappa shape index (κ2) is 8.73. The molecule has 2 saturated heterocycles. The molecule has 0 aromatic heterocycles. The van der Waals surface area contributed by atoms with Crippen LogP contribution in [0.5, 0.6) is 0 Å². The van der Waals surface area contributed by atoms with E-state index in [9.17, 15) is 23.4 Å². The number of ether oxygens (including phenoxy) is 1. The first-order chi connectivity index (χ1) is 18.2. The molecule has 3 aromatic rings.